The van der Waals surface area contributed by atoms with Crippen LogP contribution < -0.4 is 10.6 Å². The predicted octanol–water partition coefficient (Wildman–Crippen LogP) is 5.41. The third-order valence-electron chi connectivity index (χ3n) is 4.78. The van der Waals surface area contributed by atoms with Gasteiger partial charge in [0.25, 0.3) is 0 Å². The zero-order valence-corrected chi connectivity index (χ0v) is 19.8. The van der Waals surface area contributed by atoms with Crippen molar-refractivity contribution < 1.29 is 9.47 Å². The Morgan fingerprint density at radius 3 is 1.42 bits per heavy atom. The second kappa shape index (κ2) is 24.8. The van der Waals surface area contributed by atoms with Gasteiger partial charge in [-0.05, 0) is 65.5 Å². The zero-order valence-electron chi connectivity index (χ0n) is 19.8. The maximum atomic E-state index is 5.28. The Hall–Kier alpha value is -0.160. The third kappa shape index (κ3) is 16.0. The minimum Gasteiger partial charge on any atom is -0.381 e. The molecule has 4 heteroatoms. The molecule has 0 aromatic rings. The number of nitrogens with one attached hydrogen (secondary N) is 2. The van der Waals surface area contributed by atoms with Crippen molar-refractivity contribution in [2.24, 2.45) is 0 Å². The Labute approximate surface area is 166 Å². The number of methoxy groups -OCH3 is 2. The van der Waals surface area contributed by atoms with Crippen LogP contribution in [0.4, 0.5) is 0 Å². The van der Waals surface area contributed by atoms with Gasteiger partial charge in [-0.2, -0.15) is 0 Å². The lowest BCUT2D eigenvalue weighted by molar-refractivity contribution is 0.0601. The van der Waals surface area contributed by atoms with E-state index < -0.39 is 0 Å². The molecule has 2 aliphatic rings. The molecule has 162 valence electrons. The summed E-state index contributed by atoms with van der Waals surface area (Å²) < 4.78 is 10.5. The van der Waals surface area contributed by atoms with Crippen LogP contribution in [-0.2, 0) is 9.47 Å². The number of hydrogen-bond donors (Lipinski definition) is 2. The highest BCUT2D eigenvalue weighted by molar-refractivity contribution is 4.77. The Kier molecular flexibility index (Phi) is 29.2. The van der Waals surface area contributed by atoms with E-state index in [0.29, 0.717) is 18.2 Å². The molecule has 2 unspecified atom stereocenters. The standard InChI is InChI=1S/2C8H17NO.3C2H6/c1-9-7-3-5-8(10-2)6-4-7;1-9-7-4-3-5-8(6-7)10-2;3*1-2/h2*7-9H,3-6H2,1-2H3;3*1-2H3. The van der Waals surface area contributed by atoms with Gasteiger partial charge in [0.2, 0.25) is 0 Å². The Balaban J connectivity index is -0.000000316. The highest BCUT2D eigenvalue weighted by atomic mass is 16.5. The molecular weight excluding hydrogens is 324 g/mol. The van der Waals surface area contributed by atoms with Crippen LogP contribution in [0, 0.1) is 0 Å². The van der Waals surface area contributed by atoms with Gasteiger partial charge in [0, 0.05) is 26.3 Å². The summed E-state index contributed by atoms with van der Waals surface area (Å²) >= 11 is 0. The third-order valence-corrected chi connectivity index (χ3v) is 4.78. The predicted molar refractivity (Wildman–Crippen MR) is 118 cm³/mol. The second-order valence-corrected chi connectivity index (χ2v) is 6.01. The van der Waals surface area contributed by atoms with E-state index in [9.17, 15) is 0 Å². The summed E-state index contributed by atoms with van der Waals surface area (Å²) in [7, 11) is 7.69. The van der Waals surface area contributed by atoms with E-state index in [2.05, 4.69) is 10.6 Å². The van der Waals surface area contributed by atoms with Gasteiger partial charge in [0.15, 0.2) is 0 Å². The maximum absolute atomic E-state index is 5.28. The van der Waals surface area contributed by atoms with E-state index in [1.165, 1.54) is 51.4 Å². The molecule has 26 heavy (non-hydrogen) atoms. The largest absolute Gasteiger partial charge is 0.381 e. The average Bonchev–Trinajstić information content (AvgIpc) is 2.78. The first-order valence-electron chi connectivity index (χ1n) is 11.1. The van der Waals surface area contributed by atoms with Crippen LogP contribution in [0.3, 0.4) is 0 Å². The summed E-state index contributed by atoms with van der Waals surface area (Å²) in [5.41, 5.74) is 0. The summed E-state index contributed by atoms with van der Waals surface area (Å²) in [6, 6.07) is 1.44. The van der Waals surface area contributed by atoms with Crippen molar-refractivity contribution in [3.05, 3.63) is 0 Å². The van der Waals surface area contributed by atoms with Gasteiger partial charge in [0.05, 0.1) is 12.2 Å². The molecule has 0 aromatic carbocycles. The van der Waals surface area contributed by atoms with E-state index in [4.69, 9.17) is 9.47 Å². The summed E-state index contributed by atoms with van der Waals surface area (Å²) in [5.74, 6) is 0. The van der Waals surface area contributed by atoms with E-state index in [0.717, 1.165) is 6.04 Å². The first-order chi connectivity index (χ1) is 12.7. The molecule has 2 rings (SSSR count). The molecule has 2 N–H and O–H groups in total. The van der Waals surface area contributed by atoms with Crippen molar-refractivity contribution in [2.75, 3.05) is 28.3 Å². The van der Waals surface area contributed by atoms with Crippen LogP contribution in [0.2, 0.25) is 0 Å². The van der Waals surface area contributed by atoms with Crippen molar-refractivity contribution in [3.63, 3.8) is 0 Å². The van der Waals surface area contributed by atoms with Gasteiger partial charge in [-0.3, -0.25) is 0 Å². The number of rotatable bonds is 4. The van der Waals surface area contributed by atoms with Gasteiger partial charge in [-0.15, -0.1) is 0 Å². The molecule has 0 bridgehead atoms. The minimum atomic E-state index is 0.506. The molecule has 2 aliphatic carbocycles. The van der Waals surface area contributed by atoms with Crippen LogP contribution in [0.5, 0.6) is 0 Å². The zero-order chi connectivity index (χ0) is 20.8. The molecule has 2 fully saturated rings. The quantitative estimate of drug-likeness (QED) is 0.689. The van der Waals surface area contributed by atoms with Crippen LogP contribution in [0.25, 0.3) is 0 Å². The maximum Gasteiger partial charge on any atom is 0.0586 e. The van der Waals surface area contributed by atoms with Gasteiger partial charge in [-0.25, -0.2) is 0 Å². The van der Waals surface area contributed by atoms with E-state index in [1.54, 1.807) is 0 Å². The fourth-order valence-corrected chi connectivity index (χ4v) is 3.21. The van der Waals surface area contributed by atoms with Crippen LogP contribution >= 0.6 is 0 Å². The van der Waals surface area contributed by atoms with E-state index >= 15 is 0 Å². The topological polar surface area (TPSA) is 42.5 Å². The normalized spacial score (nSPS) is 27.0. The summed E-state index contributed by atoms with van der Waals surface area (Å²) in [6.45, 7) is 12.0. The monoisotopic (exact) mass is 376 g/mol. The molecule has 0 radical (unpaired) electrons. The van der Waals surface area contributed by atoms with Crippen molar-refractivity contribution in [1.82, 2.24) is 10.6 Å². The number of hydrogen-bond acceptors (Lipinski definition) is 4. The van der Waals surface area contributed by atoms with Crippen molar-refractivity contribution >= 4 is 0 Å². The summed E-state index contributed by atoms with van der Waals surface area (Å²) in [5, 5.41) is 6.58. The van der Waals surface area contributed by atoms with Gasteiger partial charge < -0.3 is 20.1 Å². The average molecular weight is 377 g/mol. The van der Waals surface area contributed by atoms with Gasteiger partial charge in [0.1, 0.15) is 0 Å². The van der Waals surface area contributed by atoms with E-state index in [1.807, 2.05) is 69.9 Å². The molecule has 0 heterocycles. The first kappa shape index (κ1) is 30.6. The SMILES string of the molecule is CC.CC.CC.CNC1CCC(OC)CC1.CNC1CCCC(OC)C1. The Morgan fingerprint density at radius 1 is 0.577 bits per heavy atom. The number of ether oxygens (including phenoxy) is 2. The lowest BCUT2D eigenvalue weighted by Gasteiger charge is -2.27. The molecule has 0 amide bonds. The minimum absolute atomic E-state index is 0.506. The molecule has 0 aromatic heterocycles. The van der Waals surface area contributed by atoms with Gasteiger partial charge >= 0.3 is 0 Å². The molecule has 0 aliphatic heterocycles. The van der Waals surface area contributed by atoms with Crippen LogP contribution in [0.1, 0.15) is 92.9 Å². The smallest absolute Gasteiger partial charge is 0.0586 e. The molecule has 2 saturated carbocycles. The van der Waals surface area contributed by atoms with Gasteiger partial charge in [-0.1, -0.05) is 41.5 Å². The Morgan fingerprint density at radius 2 is 1.04 bits per heavy atom. The fourth-order valence-electron chi connectivity index (χ4n) is 3.21. The van der Waals surface area contributed by atoms with E-state index in [-0.39, 0.29) is 0 Å². The fraction of sp³-hybridized carbons (Fsp3) is 1.00. The second-order valence-electron chi connectivity index (χ2n) is 6.01. The highest BCUT2D eigenvalue weighted by Gasteiger charge is 2.19. The Bertz CT molecular complexity index is 210. The van der Waals surface area contributed by atoms with Crippen molar-refractivity contribution in [3.8, 4) is 0 Å². The summed E-state index contributed by atoms with van der Waals surface area (Å²) in [4.78, 5) is 0. The first-order valence-corrected chi connectivity index (χ1v) is 11.1. The molecular formula is C22H52N2O2. The molecule has 0 saturated heterocycles. The lowest BCUT2D eigenvalue weighted by Crippen LogP contribution is -2.34. The van der Waals surface area contributed by atoms with Crippen LogP contribution in [-0.4, -0.2) is 52.6 Å². The van der Waals surface area contributed by atoms with Crippen LogP contribution in [0.15, 0.2) is 0 Å². The molecule has 0 spiro atoms. The lowest BCUT2D eigenvalue weighted by atomic mass is 9.93. The summed E-state index contributed by atoms with van der Waals surface area (Å²) in [6.07, 6.45) is 11.1. The molecule has 2 atom stereocenters. The van der Waals surface area contributed by atoms with Crippen molar-refractivity contribution in [2.45, 2.75) is 117 Å². The molecule has 4 nitrogen and oxygen atoms in total. The highest BCUT2D eigenvalue weighted by Crippen LogP contribution is 2.20. The van der Waals surface area contributed by atoms with Crippen molar-refractivity contribution in [1.29, 1.82) is 0 Å².